The van der Waals surface area contributed by atoms with E-state index in [0.717, 1.165) is 0 Å². The molecule has 24 heavy (non-hydrogen) atoms. The molecule has 0 unspecified atom stereocenters. The lowest BCUT2D eigenvalue weighted by Crippen LogP contribution is -2.10. The van der Waals surface area contributed by atoms with E-state index in [1.165, 1.54) is 22.3 Å². The van der Waals surface area contributed by atoms with Crippen LogP contribution in [0.3, 0.4) is 0 Å². The van der Waals surface area contributed by atoms with Crippen LogP contribution in [-0.4, -0.2) is 0 Å². The van der Waals surface area contributed by atoms with Crippen LogP contribution in [-0.2, 0) is 5.41 Å². The fraction of sp³-hybridized carbons (Fsp3) is 0.333. The zero-order valence-corrected chi connectivity index (χ0v) is 15.9. The highest BCUT2D eigenvalue weighted by Crippen LogP contribution is 2.29. The van der Waals surface area contributed by atoms with Crippen molar-refractivity contribution in [2.45, 2.75) is 47.0 Å². The number of hydrogen-bond donors (Lipinski definition) is 0. The first-order valence-electron chi connectivity index (χ1n) is 8.72. The molecule has 0 nitrogen and oxygen atoms in total. The van der Waals surface area contributed by atoms with Gasteiger partial charge in [0.2, 0.25) is 0 Å². The lowest BCUT2D eigenvalue weighted by atomic mass is 9.84. The molecule has 2 aromatic rings. The van der Waals surface area contributed by atoms with Crippen LogP contribution in [0.2, 0.25) is 0 Å². The van der Waals surface area contributed by atoms with Crippen LogP contribution in [0.4, 0.5) is 0 Å². The summed E-state index contributed by atoms with van der Waals surface area (Å²) in [5, 5.41) is 0. The lowest BCUT2D eigenvalue weighted by Gasteiger charge is -2.21. The normalized spacial score (nSPS) is 13.5. The summed E-state index contributed by atoms with van der Waals surface area (Å²) in [5.74, 6) is 0. The minimum absolute atomic E-state index is 0.109. The van der Waals surface area contributed by atoms with Crippen molar-refractivity contribution in [3.63, 3.8) is 0 Å². The van der Waals surface area contributed by atoms with Gasteiger partial charge in [0.25, 0.3) is 0 Å². The second kappa shape index (κ2) is 7.21. The third-order valence-electron chi connectivity index (χ3n) is 4.22. The fourth-order valence-corrected chi connectivity index (χ4v) is 2.52. The zero-order valence-electron chi connectivity index (χ0n) is 15.9. The Morgan fingerprint density at radius 3 is 1.79 bits per heavy atom. The van der Waals surface area contributed by atoms with Gasteiger partial charge in [-0.15, -0.1) is 0 Å². The molecule has 0 heteroatoms. The van der Waals surface area contributed by atoms with E-state index in [-0.39, 0.29) is 10.8 Å². The molecule has 0 spiro atoms. The van der Waals surface area contributed by atoms with Crippen molar-refractivity contribution < 1.29 is 0 Å². The van der Waals surface area contributed by atoms with Crippen LogP contribution >= 0.6 is 0 Å². The first kappa shape index (κ1) is 18.3. The Morgan fingerprint density at radius 1 is 0.708 bits per heavy atom. The van der Waals surface area contributed by atoms with E-state index in [1.807, 2.05) is 0 Å². The van der Waals surface area contributed by atoms with Crippen LogP contribution in [0.15, 0.2) is 66.2 Å². The molecule has 2 rings (SSSR count). The predicted molar refractivity (Wildman–Crippen MR) is 108 cm³/mol. The molecule has 0 aliphatic rings. The van der Waals surface area contributed by atoms with Gasteiger partial charge in [-0.25, -0.2) is 0 Å². The molecule has 0 saturated heterocycles. The molecule has 0 aliphatic heterocycles. The van der Waals surface area contributed by atoms with Gasteiger partial charge >= 0.3 is 0 Å². The van der Waals surface area contributed by atoms with Crippen molar-refractivity contribution in [1.82, 2.24) is 0 Å². The van der Waals surface area contributed by atoms with Gasteiger partial charge in [-0.3, -0.25) is 0 Å². The molecule has 0 heterocycles. The molecule has 0 saturated carbocycles. The van der Waals surface area contributed by atoms with Gasteiger partial charge in [-0.1, -0.05) is 114 Å². The topological polar surface area (TPSA) is 0 Å². The third kappa shape index (κ3) is 5.23. The average molecular weight is 319 g/mol. The number of allylic oxidation sites excluding steroid dienone is 2. The van der Waals surface area contributed by atoms with Crippen molar-refractivity contribution in [2.24, 2.45) is 5.41 Å². The van der Waals surface area contributed by atoms with Crippen LogP contribution in [0.5, 0.6) is 0 Å². The molecule has 0 aromatic heterocycles. The SMILES string of the molecule is CC(C)(C)C(C=Cc1ccc(C(C)(C)C)cc1)=Cc1ccccc1. The second-order valence-corrected chi connectivity index (χ2v) is 8.47. The fourth-order valence-electron chi connectivity index (χ4n) is 2.52. The quantitative estimate of drug-likeness (QED) is 0.528. The summed E-state index contributed by atoms with van der Waals surface area (Å²) in [4.78, 5) is 0. The molecular formula is C24H30. The van der Waals surface area contributed by atoms with Crippen LogP contribution in [0.1, 0.15) is 58.2 Å². The van der Waals surface area contributed by atoms with Crippen LogP contribution in [0.25, 0.3) is 12.2 Å². The van der Waals surface area contributed by atoms with E-state index in [9.17, 15) is 0 Å². The minimum Gasteiger partial charge on any atom is -0.0622 e. The maximum absolute atomic E-state index is 2.28. The molecule has 0 N–H and O–H groups in total. The van der Waals surface area contributed by atoms with Crippen molar-refractivity contribution in [3.05, 3.63) is 82.9 Å². The highest BCUT2D eigenvalue weighted by molar-refractivity contribution is 5.63. The Bertz CT molecular complexity index is 699. The van der Waals surface area contributed by atoms with Crippen LogP contribution in [0, 0.1) is 5.41 Å². The molecule has 0 radical (unpaired) electrons. The smallest absolute Gasteiger partial charge is 0.0132 e. The van der Waals surface area contributed by atoms with Crippen molar-refractivity contribution in [2.75, 3.05) is 0 Å². The molecule has 0 bridgehead atoms. The largest absolute Gasteiger partial charge is 0.0622 e. The Hall–Kier alpha value is -2.08. The van der Waals surface area contributed by atoms with Gasteiger partial charge in [0.1, 0.15) is 0 Å². The van der Waals surface area contributed by atoms with Crippen molar-refractivity contribution in [1.29, 1.82) is 0 Å². The Morgan fingerprint density at radius 2 is 1.29 bits per heavy atom. The van der Waals surface area contributed by atoms with E-state index < -0.39 is 0 Å². The minimum atomic E-state index is 0.109. The third-order valence-corrected chi connectivity index (χ3v) is 4.22. The van der Waals surface area contributed by atoms with E-state index in [2.05, 4.69) is 114 Å². The maximum Gasteiger partial charge on any atom is -0.0132 e. The van der Waals surface area contributed by atoms with Crippen LogP contribution < -0.4 is 0 Å². The Balaban J connectivity index is 2.27. The molecular weight excluding hydrogens is 288 g/mol. The van der Waals surface area contributed by atoms with Crippen molar-refractivity contribution >= 4 is 12.2 Å². The number of rotatable bonds is 3. The van der Waals surface area contributed by atoms with Gasteiger partial charge in [-0.05, 0) is 33.1 Å². The van der Waals surface area contributed by atoms with E-state index in [0.29, 0.717) is 0 Å². The summed E-state index contributed by atoms with van der Waals surface area (Å²) in [6.07, 6.45) is 6.74. The standard InChI is InChI=1S/C24H30/c1-23(2,3)21-15-12-19(13-16-21)14-17-22(24(4,5)6)18-20-10-8-7-9-11-20/h7-18H,1-6H3. The molecule has 0 aliphatic carbocycles. The Labute approximate surface area is 147 Å². The molecule has 0 fully saturated rings. The van der Waals surface area contributed by atoms with E-state index in [4.69, 9.17) is 0 Å². The maximum atomic E-state index is 2.28. The molecule has 0 amide bonds. The van der Waals surface area contributed by atoms with Gasteiger partial charge < -0.3 is 0 Å². The number of benzene rings is 2. The first-order valence-corrected chi connectivity index (χ1v) is 8.72. The highest BCUT2D eigenvalue weighted by atomic mass is 14.2. The number of hydrogen-bond acceptors (Lipinski definition) is 0. The summed E-state index contributed by atoms with van der Waals surface area (Å²) in [6.45, 7) is 13.5. The summed E-state index contributed by atoms with van der Waals surface area (Å²) in [7, 11) is 0. The van der Waals surface area contributed by atoms with Gasteiger partial charge in [0, 0.05) is 0 Å². The monoisotopic (exact) mass is 318 g/mol. The molecule has 2 aromatic carbocycles. The average Bonchev–Trinajstić information content (AvgIpc) is 2.51. The molecule has 0 atom stereocenters. The van der Waals surface area contributed by atoms with Gasteiger partial charge in [-0.2, -0.15) is 0 Å². The van der Waals surface area contributed by atoms with E-state index >= 15 is 0 Å². The van der Waals surface area contributed by atoms with Crippen molar-refractivity contribution in [3.8, 4) is 0 Å². The first-order chi connectivity index (χ1) is 11.2. The summed E-state index contributed by atoms with van der Waals surface area (Å²) >= 11 is 0. The predicted octanol–water partition coefficient (Wildman–Crippen LogP) is 7.13. The van der Waals surface area contributed by atoms with E-state index in [1.54, 1.807) is 0 Å². The zero-order chi connectivity index (χ0) is 17.8. The van der Waals surface area contributed by atoms with Gasteiger partial charge in [0.05, 0.1) is 0 Å². The Kier molecular flexibility index (Phi) is 5.49. The summed E-state index contributed by atoms with van der Waals surface area (Å²) < 4.78 is 0. The highest BCUT2D eigenvalue weighted by Gasteiger charge is 2.15. The lowest BCUT2D eigenvalue weighted by molar-refractivity contribution is 0.521. The molecule has 126 valence electrons. The summed E-state index contributed by atoms with van der Waals surface area (Å²) in [6, 6.07) is 19.4. The summed E-state index contributed by atoms with van der Waals surface area (Å²) in [5.41, 5.74) is 5.49. The second-order valence-electron chi connectivity index (χ2n) is 8.47. The van der Waals surface area contributed by atoms with Gasteiger partial charge in [0.15, 0.2) is 0 Å².